The molecule has 2 aromatic carbocycles. The van der Waals surface area contributed by atoms with Gasteiger partial charge in [0.05, 0.1) is 5.69 Å². The van der Waals surface area contributed by atoms with Crippen LogP contribution in [0.5, 0.6) is 0 Å². The predicted molar refractivity (Wildman–Crippen MR) is 111 cm³/mol. The lowest BCUT2D eigenvalue weighted by Gasteiger charge is -2.22. The van der Waals surface area contributed by atoms with Gasteiger partial charge in [0.15, 0.2) is 5.82 Å². The second-order valence-corrected chi connectivity index (χ2v) is 8.74. The summed E-state index contributed by atoms with van der Waals surface area (Å²) in [5, 5.41) is 4.66. The molecular weight excluding hydrogens is 360 g/mol. The SMILES string of the molecule is O=C(c1nc(-c2ccccc2)n(-c2ccccc2)n1)N1CC2C3CCC(C3)C2C1. The van der Waals surface area contributed by atoms with Gasteiger partial charge in [-0.2, -0.15) is 0 Å². The van der Waals surface area contributed by atoms with Crippen molar-refractivity contribution in [3.05, 3.63) is 66.5 Å². The molecule has 0 N–H and O–H groups in total. The van der Waals surface area contributed by atoms with Crippen LogP contribution in [-0.2, 0) is 0 Å². The number of amides is 1. The third-order valence-electron chi connectivity index (χ3n) is 7.26. The van der Waals surface area contributed by atoms with E-state index in [4.69, 9.17) is 4.98 Å². The summed E-state index contributed by atoms with van der Waals surface area (Å²) in [5.41, 5.74) is 1.87. The number of fused-ring (bicyclic) bond motifs is 5. The average molecular weight is 384 g/mol. The molecule has 5 nitrogen and oxygen atoms in total. The van der Waals surface area contributed by atoms with Gasteiger partial charge in [0, 0.05) is 18.7 Å². The van der Waals surface area contributed by atoms with E-state index in [9.17, 15) is 4.79 Å². The molecule has 2 bridgehead atoms. The van der Waals surface area contributed by atoms with Crippen LogP contribution in [0.4, 0.5) is 0 Å². The standard InChI is InChI=1S/C24H24N4O/c29-24(27-14-20-17-11-12-18(13-17)21(20)15-27)22-25-23(16-7-3-1-4-8-16)28(26-22)19-9-5-2-6-10-19/h1-10,17-18,20-21H,11-15H2. The van der Waals surface area contributed by atoms with E-state index in [-0.39, 0.29) is 5.91 Å². The van der Waals surface area contributed by atoms with Gasteiger partial charge >= 0.3 is 0 Å². The van der Waals surface area contributed by atoms with Gasteiger partial charge in [-0.25, -0.2) is 9.67 Å². The maximum Gasteiger partial charge on any atom is 0.293 e. The van der Waals surface area contributed by atoms with E-state index in [1.807, 2.05) is 65.6 Å². The van der Waals surface area contributed by atoms with E-state index < -0.39 is 0 Å². The smallest absolute Gasteiger partial charge is 0.293 e. The highest BCUT2D eigenvalue weighted by molar-refractivity contribution is 5.91. The quantitative estimate of drug-likeness (QED) is 0.684. The number of rotatable bonds is 3. The van der Waals surface area contributed by atoms with Crippen molar-refractivity contribution in [1.82, 2.24) is 19.7 Å². The fourth-order valence-electron chi connectivity index (χ4n) is 5.92. The molecular formula is C24H24N4O. The molecule has 3 fully saturated rings. The highest BCUT2D eigenvalue weighted by Gasteiger charge is 2.52. The zero-order chi connectivity index (χ0) is 19.4. The van der Waals surface area contributed by atoms with Crippen molar-refractivity contribution in [3.8, 4) is 17.1 Å². The van der Waals surface area contributed by atoms with E-state index >= 15 is 0 Å². The fourth-order valence-corrected chi connectivity index (χ4v) is 5.92. The molecule has 3 aliphatic rings. The predicted octanol–water partition coefficient (Wildman–Crippen LogP) is 4.05. The molecule has 2 saturated carbocycles. The average Bonchev–Trinajstić information content (AvgIpc) is 3.55. The van der Waals surface area contributed by atoms with Crippen LogP contribution in [0, 0.1) is 23.7 Å². The van der Waals surface area contributed by atoms with E-state index in [2.05, 4.69) is 5.10 Å². The van der Waals surface area contributed by atoms with Crippen molar-refractivity contribution in [2.45, 2.75) is 19.3 Å². The Balaban J connectivity index is 1.35. The zero-order valence-electron chi connectivity index (χ0n) is 16.3. The van der Waals surface area contributed by atoms with Crippen molar-refractivity contribution in [3.63, 3.8) is 0 Å². The van der Waals surface area contributed by atoms with Crippen LogP contribution in [0.1, 0.15) is 29.9 Å². The molecule has 5 heteroatoms. The van der Waals surface area contributed by atoms with E-state index in [1.54, 1.807) is 4.68 Å². The van der Waals surface area contributed by atoms with Crippen LogP contribution < -0.4 is 0 Å². The Kier molecular flexibility index (Phi) is 3.83. The topological polar surface area (TPSA) is 51.0 Å². The molecule has 1 amide bonds. The second kappa shape index (κ2) is 6.55. The number of para-hydroxylation sites is 1. The summed E-state index contributed by atoms with van der Waals surface area (Å²) in [6.07, 6.45) is 4.09. The summed E-state index contributed by atoms with van der Waals surface area (Å²) in [5.74, 6) is 4.05. The van der Waals surface area contributed by atoms with Gasteiger partial charge in [-0.3, -0.25) is 4.79 Å². The van der Waals surface area contributed by atoms with Gasteiger partial charge in [-0.1, -0.05) is 48.5 Å². The minimum Gasteiger partial charge on any atom is -0.335 e. The zero-order valence-corrected chi connectivity index (χ0v) is 16.3. The Labute approximate surface area is 170 Å². The minimum absolute atomic E-state index is 0.0225. The molecule has 0 spiro atoms. The summed E-state index contributed by atoms with van der Waals surface area (Å²) in [6.45, 7) is 1.76. The molecule has 29 heavy (non-hydrogen) atoms. The summed E-state index contributed by atoms with van der Waals surface area (Å²) < 4.78 is 1.79. The lowest BCUT2D eigenvalue weighted by atomic mass is 9.82. The third kappa shape index (κ3) is 2.71. The monoisotopic (exact) mass is 384 g/mol. The highest BCUT2D eigenvalue weighted by atomic mass is 16.2. The molecule has 0 radical (unpaired) electrons. The van der Waals surface area contributed by atoms with E-state index in [1.165, 1.54) is 19.3 Å². The Morgan fingerprint density at radius 3 is 2.14 bits per heavy atom. The highest BCUT2D eigenvalue weighted by Crippen LogP contribution is 2.55. The third-order valence-corrected chi connectivity index (χ3v) is 7.26. The maximum atomic E-state index is 13.3. The van der Waals surface area contributed by atoms with Crippen molar-refractivity contribution < 1.29 is 4.79 Å². The van der Waals surface area contributed by atoms with Gasteiger partial charge in [-0.05, 0) is 55.1 Å². The summed E-state index contributed by atoms with van der Waals surface area (Å²) in [6, 6.07) is 19.9. The lowest BCUT2D eigenvalue weighted by Crippen LogP contribution is -2.31. The molecule has 2 heterocycles. The first-order chi connectivity index (χ1) is 14.3. The van der Waals surface area contributed by atoms with Gasteiger partial charge in [-0.15, -0.1) is 5.10 Å². The molecule has 1 aliphatic heterocycles. The van der Waals surface area contributed by atoms with Crippen molar-refractivity contribution in [2.24, 2.45) is 23.7 Å². The van der Waals surface area contributed by atoms with Crippen molar-refractivity contribution in [2.75, 3.05) is 13.1 Å². The summed E-state index contributed by atoms with van der Waals surface area (Å²) >= 11 is 0. The molecule has 1 saturated heterocycles. The molecule has 2 aliphatic carbocycles. The van der Waals surface area contributed by atoms with Gasteiger partial charge < -0.3 is 4.90 Å². The van der Waals surface area contributed by atoms with E-state index in [0.717, 1.165) is 36.2 Å². The molecule has 6 rings (SSSR count). The van der Waals surface area contributed by atoms with Crippen LogP contribution in [0.3, 0.4) is 0 Å². The molecule has 146 valence electrons. The fraction of sp³-hybridized carbons (Fsp3) is 0.375. The van der Waals surface area contributed by atoms with Gasteiger partial charge in [0.2, 0.25) is 5.82 Å². The number of hydrogen-bond donors (Lipinski definition) is 0. The van der Waals surface area contributed by atoms with E-state index in [0.29, 0.717) is 23.5 Å². The number of carbonyl (C=O) groups is 1. The van der Waals surface area contributed by atoms with Crippen molar-refractivity contribution >= 4 is 5.91 Å². The number of carbonyl (C=O) groups excluding carboxylic acids is 1. The number of hydrogen-bond acceptors (Lipinski definition) is 3. The molecule has 4 atom stereocenters. The van der Waals surface area contributed by atoms with Crippen LogP contribution in [0.15, 0.2) is 60.7 Å². The first-order valence-corrected chi connectivity index (χ1v) is 10.6. The number of nitrogens with zero attached hydrogens (tertiary/aromatic N) is 4. The normalized spacial score (nSPS) is 27.4. The Morgan fingerprint density at radius 2 is 1.48 bits per heavy atom. The first kappa shape index (κ1) is 17.0. The van der Waals surface area contributed by atoms with Crippen LogP contribution >= 0.6 is 0 Å². The number of likely N-dealkylation sites (tertiary alicyclic amines) is 1. The van der Waals surface area contributed by atoms with Crippen molar-refractivity contribution in [1.29, 1.82) is 0 Å². The molecule has 1 aromatic heterocycles. The second-order valence-electron chi connectivity index (χ2n) is 8.74. The van der Waals surface area contributed by atoms with Crippen LogP contribution in [-0.4, -0.2) is 38.7 Å². The number of benzene rings is 2. The Morgan fingerprint density at radius 1 is 0.862 bits per heavy atom. The minimum atomic E-state index is -0.0225. The Hall–Kier alpha value is -2.95. The van der Waals surface area contributed by atoms with Gasteiger partial charge in [0.25, 0.3) is 5.91 Å². The maximum absolute atomic E-state index is 13.3. The first-order valence-electron chi connectivity index (χ1n) is 10.6. The summed E-state index contributed by atoms with van der Waals surface area (Å²) in [4.78, 5) is 20.1. The lowest BCUT2D eigenvalue weighted by molar-refractivity contribution is 0.0764. The molecule has 4 unspecified atom stereocenters. The molecule has 3 aromatic rings. The van der Waals surface area contributed by atoms with Crippen LogP contribution in [0.2, 0.25) is 0 Å². The largest absolute Gasteiger partial charge is 0.335 e. The van der Waals surface area contributed by atoms with Crippen LogP contribution in [0.25, 0.3) is 17.1 Å². The van der Waals surface area contributed by atoms with Gasteiger partial charge in [0.1, 0.15) is 0 Å². The summed E-state index contributed by atoms with van der Waals surface area (Å²) in [7, 11) is 0. The number of aromatic nitrogens is 3. The Bertz CT molecular complexity index is 970.